The minimum Gasteiger partial charge on any atom is -0.493 e. The lowest BCUT2D eigenvalue weighted by Gasteiger charge is -2.13. The summed E-state index contributed by atoms with van der Waals surface area (Å²) in [5.41, 5.74) is 11.1. The van der Waals surface area contributed by atoms with Gasteiger partial charge >= 0.3 is 0 Å². The third-order valence-electron chi connectivity index (χ3n) is 2.46. The van der Waals surface area contributed by atoms with Gasteiger partial charge in [0, 0.05) is 12.1 Å². The number of ether oxygens (including phenoxy) is 3. The van der Waals surface area contributed by atoms with Gasteiger partial charge in [-0.3, -0.25) is 0 Å². The summed E-state index contributed by atoms with van der Waals surface area (Å²) in [6.45, 7) is 0. The predicted molar refractivity (Wildman–Crippen MR) is 78.2 cm³/mol. The molecule has 0 aliphatic carbocycles. The molecule has 0 spiro atoms. The first-order chi connectivity index (χ1) is 9.55. The van der Waals surface area contributed by atoms with E-state index in [0.29, 0.717) is 27.5 Å². The summed E-state index contributed by atoms with van der Waals surface area (Å²) in [6.07, 6.45) is 1.40. The third kappa shape index (κ3) is 2.85. The largest absolute Gasteiger partial charge is 0.493 e. The molecule has 2 aromatic rings. The van der Waals surface area contributed by atoms with E-state index in [-0.39, 0.29) is 11.8 Å². The molecule has 0 fully saturated rings. The number of nitrogens with zero attached hydrogens (tertiary/aromatic N) is 2. The van der Waals surface area contributed by atoms with Gasteiger partial charge in [0.15, 0.2) is 23.1 Å². The zero-order valence-corrected chi connectivity index (χ0v) is 12.5. The number of halogens is 1. The van der Waals surface area contributed by atoms with Gasteiger partial charge in [0.05, 0.1) is 24.9 Å². The second-order valence-corrected chi connectivity index (χ2v) is 4.57. The van der Waals surface area contributed by atoms with Crippen LogP contribution in [0.5, 0.6) is 23.0 Å². The van der Waals surface area contributed by atoms with Gasteiger partial charge in [-0.15, -0.1) is 0 Å². The van der Waals surface area contributed by atoms with Crippen LogP contribution in [0, 0.1) is 0 Å². The Labute approximate surface area is 124 Å². The number of hydrogen-bond donors (Lipinski definition) is 2. The third-order valence-corrected chi connectivity index (χ3v) is 3.08. The van der Waals surface area contributed by atoms with Crippen molar-refractivity contribution in [3.05, 3.63) is 22.8 Å². The lowest BCUT2D eigenvalue weighted by molar-refractivity contribution is 0.351. The molecule has 106 valence electrons. The summed E-state index contributed by atoms with van der Waals surface area (Å²) < 4.78 is 16.7. The normalized spacial score (nSPS) is 10.2. The highest BCUT2D eigenvalue weighted by molar-refractivity contribution is 9.10. The molecule has 0 aliphatic heterocycles. The quantitative estimate of drug-likeness (QED) is 0.878. The number of aromatic nitrogens is 2. The maximum atomic E-state index is 5.72. The van der Waals surface area contributed by atoms with Gasteiger partial charge in [0.2, 0.25) is 5.95 Å². The van der Waals surface area contributed by atoms with E-state index in [2.05, 4.69) is 25.9 Å². The van der Waals surface area contributed by atoms with Crippen LogP contribution in [-0.2, 0) is 0 Å². The molecule has 0 aliphatic rings. The van der Waals surface area contributed by atoms with E-state index in [1.807, 2.05) is 0 Å². The van der Waals surface area contributed by atoms with Crippen LogP contribution in [-0.4, -0.2) is 24.2 Å². The Morgan fingerprint density at radius 3 is 2.25 bits per heavy atom. The summed E-state index contributed by atoms with van der Waals surface area (Å²) in [7, 11) is 3.09. The number of nitrogens with two attached hydrogens (primary N) is 2. The molecule has 0 saturated heterocycles. The van der Waals surface area contributed by atoms with Crippen LogP contribution in [0.15, 0.2) is 22.8 Å². The van der Waals surface area contributed by atoms with Crippen LogP contribution in [0.25, 0.3) is 0 Å². The molecule has 20 heavy (non-hydrogen) atoms. The van der Waals surface area contributed by atoms with Gasteiger partial charge < -0.3 is 25.7 Å². The lowest BCUT2D eigenvalue weighted by Crippen LogP contribution is -2.01. The molecule has 7 nitrogen and oxygen atoms in total. The Morgan fingerprint density at radius 2 is 1.65 bits per heavy atom. The van der Waals surface area contributed by atoms with Gasteiger partial charge in [-0.1, -0.05) is 0 Å². The second kappa shape index (κ2) is 5.83. The van der Waals surface area contributed by atoms with Crippen molar-refractivity contribution in [1.29, 1.82) is 0 Å². The molecule has 0 amide bonds. The first kappa shape index (κ1) is 14.2. The number of rotatable bonds is 4. The molecule has 0 unspecified atom stereocenters. The van der Waals surface area contributed by atoms with E-state index in [1.165, 1.54) is 13.3 Å². The molecule has 8 heteroatoms. The molecule has 0 atom stereocenters. The van der Waals surface area contributed by atoms with Crippen LogP contribution in [0.3, 0.4) is 0 Å². The molecule has 4 N–H and O–H groups in total. The SMILES string of the molecule is COc1cc(Br)c(Oc2cnc(N)nc2N)cc1OC. The van der Waals surface area contributed by atoms with Crippen molar-refractivity contribution >= 4 is 27.7 Å². The monoisotopic (exact) mass is 340 g/mol. The van der Waals surface area contributed by atoms with Crippen molar-refractivity contribution in [2.75, 3.05) is 25.7 Å². The predicted octanol–water partition coefficient (Wildman–Crippen LogP) is 2.21. The van der Waals surface area contributed by atoms with E-state index in [0.717, 1.165) is 0 Å². The summed E-state index contributed by atoms with van der Waals surface area (Å²) in [5, 5.41) is 0. The van der Waals surface area contributed by atoms with E-state index in [1.54, 1.807) is 19.2 Å². The number of anilines is 2. The molecule has 0 saturated carbocycles. The summed E-state index contributed by atoms with van der Waals surface area (Å²) >= 11 is 3.38. The number of methoxy groups -OCH3 is 2. The van der Waals surface area contributed by atoms with E-state index in [4.69, 9.17) is 25.7 Å². The fraction of sp³-hybridized carbons (Fsp3) is 0.167. The van der Waals surface area contributed by atoms with Crippen LogP contribution in [0.1, 0.15) is 0 Å². The van der Waals surface area contributed by atoms with E-state index < -0.39 is 0 Å². The second-order valence-electron chi connectivity index (χ2n) is 3.72. The Hall–Kier alpha value is -2.22. The van der Waals surface area contributed by atoms with Gasteiger partial charge in [-0.2, -0.15) is 4.98 Å². The minimum atomic E-state index is 0.0845. The molecule has 1 heterocycles. The van der Waals surface area contributed by atoms with Gasteiger partial charge in [0.25, 0.3) is 0 Å². The Morgan fingerprint density at radius 1 is 1.00 bits per heavy atom. The topological polar surface area (TPSA) is 106 Å². The van der Waals surface area contributed by atoms with Gasteiger partial charge in [0.1, 0.15) is 5.75 Å². The first-order valence-electron chi connectivity index (χ1n) is 5.52. The van der Waals surface area contributed by atoms with Crippen molar-refractivity contribution in [1.82, 2.24) is 9.97 Å². The molecular weight excluding hydrogens is 328 g/mol. The average molecular weight is 341 g/mol. The standard InChI is InChI=1S/C12H13BrN4O3/c1-18-8-3-6(13)7(4-9(8)19-2)20-10-5-16-12(15)17-11(10)14/h3-5H,1-2H3,(H4,14,15,16,17). The maximum Gasteiger partial charge on any atom is 0.222 e. The molecule has 2 rings (SSSR count). The van der Waals surface area contributed by atoms with Crippen molar-refractivity contribution < 1.29 is 14.2 Å². The Balaban J connectivity index is 2.38. The molecule has 0 radical (unpaired) electrons. The van der Waals surface area contributed by atoms with Crippen molar-refractivity contribution in [2.24, 2.45) is 0 Å². The van der Waals surface area contributed by atoms with Crippen LogP contribution < -0.4 is 25.7 Å². The van der Waals surface area contributed by atoms with Crippen molar-refractivity contribution in [2.45, 2.75) is 0 Å². The highest BCUT2D eigenvalue weighted by Gasteiger charge is 2.13. The molecule has 1 aromatic heterocycles. The van der Waals surface area contributed by atoms with Crippen LogP contribution in [0.4, 0.5) is 11.8 Å². The maximum absolute atomic E-state index is 5.72. The average Bonchev–Trinajstić information content (AvgIpc) is 2.43. The molecular formula is C12H13BrN4O3. The highest BCUT2D eigenvalue weighted by atomic mass is 79.9. The van der Waals surface area contributed by atoms with Crippen molar-refractivity contribution in [3.63, 3.8) is 0 Å². The van der Waals surface area contributed by atoms with Crippen LogP contribution in [0.2, 0.25) is 0 Å². The Kier molecular flexibility index (Phi) is 4.14. The molecule has 0 bridgehead atoms. The Bertz CT molecular complexity index is 636. The van der Waals surface area contributed by atoms with Crippen LogP contribution >= 0.6 is 15.9 Å². The summed E-state index contributed by atoms with van der Waals surface area (Å²) in [4.78, 5) is 7.66. The summed E-state index contributed by atoms with van der Waals surface area (Å²) in [6, 6.07) is 3.39. The number of benzene rings is 1. The van der Waals surface area contributed by atoms with E-state index >= 15 is 0 Å². The highest BCUT2D eigenvalue weighted by Crippen LogP contribution is 2.40. The zero-order valence-electron chi connectivity index (χ0n) is 10.9. The zero-order chi connectivity index (χ0) is 14.7. The smallest absolute Gasteiger partial charge is 0.222 e. The number of nitrogen functional groups attached to an aromatic ring is 2. The number of hydrogen-bond acceptors (Lipinski definition) is 7. The van der Waals surface area contributed by atoms with Crippen molar-refractivity contribution in [3.8, 4) is 23.0 Å². The first-order valence-corrected chi connectivity index (χ1v) is 6.31. The lowest BCUT2D eigenvalue weighted by atomic mass is 10.3. The molecule has 1 aromatic carbocycles. The fourth-order valence-electron chi connectivity index (χ4n) is 1.51. The van der Waals surface area contributed by atoms with E-state index in [9.17, 15) is 0 Å². The minimum absolute atomic E-state index is 0.0845. The van der Waals surface area contributed by atoms with Gasteiger partial charge in [-0.05, 0) is 15.9 Å². The fourth-order valence-corrected chi connectivity index (χ4v) is 1.91. The van der Waals surface area contributed by atoms with Gasteiger partial charge in [-0.25, -0.2) is 4.98 Å². The summed E-state index contributed by atoms with van der Waals surface area (Å²) in [5.74, 6) is 2.13.